The Balaban J connectivity index is 0.000000202. The van der Waals surface area contributed by atoms with E-state index in [1.54, 1.807) is 23.2 Å². The SMILES string of the molecule is CNC(=O)c1cc(=O)n(CCN2CCC(N(Cc3ccc4c(c3)OCCO4)C(=O)OC(C)(C)C)CC2)c2ccccc12.CNC(=O)c1cc(=O)n(CCN2CCC(N(Cc3ccc4c(c3)OCCO4)C(=O)OC(C)(C)C)CC2)c2ccccc12. The summed E-state index contributed by atoms with van der Waals surface area (Å²) in [7, 11) is 3.12. The van der Waals surface area contributed by atoms with Crippen molar-refractivity contribution in [3.05, 3.63) is 140 Å². The van der Waals surface area contributed by atoms with Gasteiger partial charge in [0.1, 0.15) is 37.6 Å². The molecule has 2 saturated heterocycles. The number of para-hydroxylation sites is 2. The van der Waals surface area contributed by atoms with E-state index in [-0.39, 0.29) is 47.2 Å². The van der Waals surface area contributed by atoms with Gasteiger partial charge in [-0.1, -0.05) is 48.5 Å². The molecule has 0 bridgehead atoms. The van der Waals surface area contributed by atoms with Crippen LogP contribution in [-0.2, 0) is 35.7 Å². The van der Waals surface area contributed by atoms with Crippen molar-refractivity contribution in [1.29, 1.82) is 0 Å². The first-order chi connectivity index (χ1) is 40.2. The van der Waals surface area contributed by atoms with E-state index < -0.39 is 11.2 Å². The molecule has 10 rings (SSSR count). The molecule has 6 aromatic rings. The lowest BCUT2D eigenvalue weighted by molar-refractivity contribution is 0.00468. The Labute approximate surface area is 490 Å². The zero-order valence-electron chi connectivity index (χ0n) is 49.7. The smallest absolute Gasteiger partial charge is 0.410 e. The van der Waals surface area contributed by atoms with Gasteiger partial charge < -0.3 is 67.8 Å². The number of piperidine rings is 2. The molecule has 20 nitrogen and oxygen atoms in total. The lowest BCUT2D eigenvalue weighted by atomic mass is 10.0. The fourth-order valence-corrected chi connectivity index (χ4v) is 11.3. The Morgan fingerprint density at radius 2 is 0.857 bits per heavy atom. The van der Waals surface area contributed by atoms with Crippen molar-refractivity contribution < 1.29 is 47.6 Å². The minimum atomic E-state index is -0.605. The second-order valence-corrected chi connectivity index (χ2v) is 23.6. The predicted octanol–water partition coefficient (Wildman–Crippen LogP) is 8.07. The average molecular weight is 1150 g/mol. The molecule has 448 valence electrons. The van der Waals surface area contributed by atoms with Crippen molar-refractivity contribution in [2.45, 2.75) is 117 Å². The molecule has 2 fully saturated rings. The molecule has 0 unspecified atom stereocenters. The quantitative estimate of drug-likeness (QED) is 0.106. The molecular formula is C64H80N8O12. The number of nitrogens with one attached hydrogen (secondary N) is 2. The number of ether oxygens (including phenoxy) is 6. The first-order valence-electron chi connectivity index (χ1n) is 29.2. The normalized spacial score (nSPS) is 15.8. The van der Waals surface area contributed by atoms with Gasteiger partial charge in [0.25, 0.3) is 22.9 Å². The van der Waals surface area contributed by atoms with Crippen LogP contribution in [0.1, 0.15) is 99.1 Å². The molecule has 0 saturated carbocycles. The summed E-state index contributed by atoms with van der Waals surface area (Å²) in [5.74, 6) is 2.29. The van der Waals surface area contributed by atoms with Gasteiger partial charge in [0.2, 0.25) is 0 Å². The number of carbonyl (C=O) groups excluding carboxylic acids is 4. The molecule has 2 aromatic heterocycles. The molecule has 6 heterocycles. The van der Waals surface area contributed by atoms with Crippen molar-refractivity contribution in [2.24, 2.45) is 0 Å². The van der Waals surface area contributed by atoms with Gasteiger partial charge >= 0.3 is 12.2 Å². The van der Waals surface area contributed by atoms with Crippen LogP contribution in [0.4, 0.5) is 9.59 Å². The average Bonchev–Trinajstić information content (AvgIpc) is 2.97. The number of carbonyl (C=O) groups is 4. The van der Waals surface area contributed by atoms with Crippen molar-refractivity contribution in [3.63, 3.8) is 0 Å². The highest BCUT2D eigenvalue weighted by atomic mass is 16.6. The number of hydrogen-bond acceptors (Lipinski definition) is 14. The number of nitrogens with zero attached hydrogens (tertiary/aromatic N) is 6. The third-order valence-corrected chi connectivity index (χ3v) is 15.4. The van der Waals surface area contributed by atoms with Gasteiger partial charge in [0, 0.05) is 115 Å². The zero-order valence-corrected chi connectivity index (χ0v) is 49.7. The van der Waals surface area contributed by atoms with Crippen LogP contribution in [-0.4, -0.2) is 156 Å². The molecule has 0 aliphatic carbocycles. The largest absolute Gasteiger partial charge is 0.486 e. The molecule has 4 amide bonds. The minimum absolute atomic E-state index is 0.0136. The predicted molar refractivity (Wildman–Crippen MR) is 321 cm³/mol. The molecule has 4 aromatic carbocycles. The van der Waals surface area contributed by atoms with Crippen LogP contribution in [0, 0.1) is 0 Å². The van der Waals surface area contributed by atoms with E-state index >= 15 is 0 Å². The highest BCUT2D eigenvalue weighted by Gasteiger charge is 2.34. The van der Waals surface area contributed by atoms with Crippen molar-refractivity contribution in [2.75, 3.05) is 79.8 Å². The first kappa shape index (κ1) is 60.5. The Morgan fingerprint density at radius 3 is 1.21 bits per heavy atom. The van der Waals surface area contributed by atoms with Crippen molar-refractivity contribution in [3.8, 4) is 23.0 Å². The molecule has 0 radical (unpaired) electrons. The summed E-state index contributed by atoms with van der Waals surface area (Å²) in [5, 5.41) is 6.75. The van der Waals surface area contributed by atoms with Gasteiger partial charge in [0.05, 0.1) is 22.2 Å². The zero-order chi connectivity index (χ0) is 59.7. The van der Waals surface area contributed by atoms with E-state index in [4.69, 9.17) is 28.4 Å². The maximum absolute atomic E-state index is 13.4. The summed E-state index contributed by atoms with van der Waals surface area (Å²) < 4.78 is 37.9. The molecular weight excluding hydrogens is 1070 g/mol. The first-order valence-corrected chi connectivity index (χ1v) is 29.2. The maximum Gasteiger partial charge on any atom is 0.410 e. The molecule has 0 spiro atoms. The minimum Gasteiger partial charge on any atom is -0.486 e. The lowest BCUT2D eigenvalue weighted by Crippen LogP contribution is -2.49. The van der Waals surface area contributed by atoms with Crippen molar-refractivity contribution in [1.82, 2.24) is 39.4 Å². The van der Waals surface area contributed by atoms with Gasteiger partial charge in [0.15, 0.2) is 23.0 Å². The number of rotatable bonds is 14. The third-order valence-electron chi connectivity index (χ3n) is 15.4. The van der Waals surface area contributed by atoms with E-state index in [9.17, 15) is 28.8 Å². The number of pyridine rings is 2. The van der Waals surface area contributed by atoms with Gasteiger partial charge in [-0.2, -0.15) is 0 Å². The fraction of sp³-hybridized carbons (Fsp3) is 0.469. The highest BCUT2D eigenvalue weighted by Crippen LogP contribution is 2.34. The number of benzene rings is 4. The molecule has 20 heteroatoms. The number of hydrogen-bond donors (Lipinski definition) is 2. The van der Waals surface area contributed by atoms with Crippen LogP contribution in [0.3, 0.4) is 0 Å². The van der Waals surface area contributed by atoms with E-state index in [0.29, 0.717) is 88.3 Å². The van der Waals surface area contributed by atoms with Gasteiger partial charge in [-0.3, -0.25) is 19.2 Å². The van der Waals surface area contributed by atoms with Crippen molar-refractivity contribution >= 4 is 45.8 Å². The van der Waals surface area contributed by atoms with Crippen LogP contribution in [0.5, 0.6) is 23.0 Å². The second-order valence-electron chi connectivity index (χ2n) is 23.6. The van der Waals surface area contributed by atoms with E-state index in [0.717, 1.165) is 96.3 Å². The number of aromatic nitrogens is 2. The van der Waals surface area contributed by atoms with Crippen LogP contribution < -0.4 is 40.7 Å². The fourth-order valence-electron chi connectivity index (χ4n) is 11.3. The number of likely N-dealkylation sites (tertiary alicyclic amines) is 2. The number of fused-ring (bicyclic) bond motifs is 4. The summed E-state index contributed by atoms with van der Waals surface area (Å²) in [6.45, 7) is 19.7. The summed E-state index contributed by atoms with van der Waals surface area (Å²) in [6.07, 6.45) is 2.49. The van der Waals surface area contributed by atoms with Crippen LogP contribution in [0.2, 0.25) is 0 Å². The van der Waals surface area contributed by atoms with Gasteiger partial charge in [-0.25, -0.2) is 9.59 Å². The van der Waals surface area contributed by atoms with Crippen LogP contribution in [0.25, 0.3) is 21.8 Å². The standard InChI is InChI=1S/2C32H40N4O6/c2*1-32(2,3)42-31(39)36(21-22-9-10-27-28(19-22)41-18-17-40-27)23-11-13-34(14-12-23)15-16-35-26-8-6-5-7-24(26)25(20-29(35)37)30(38)33-4/h2*5-10,19-20,23H,11-18,21H2,1-4H3,(H,33,38). The van der Waals surface area contributed by atoms with E-state index in [2.05, 4.69) is 20.4 Å². The second kappa shape index (κ2) is 26.6. The molecule has 4 aliphatic heterocycles. The Hall–Kier alpha value is -8.10. The molecule has 4 aliphatic rings. The van der Waals surface area contributed by atoms with Crippen LogP contribution >= 0.6 is 0 Å². The van der Waals surface area contributed by atoms with Crippen LogP contribution in [0.15, 0.2) is 107 Å². The van der Waals surface area contributed by atoms with E-state index in [1.807, 2.05) is 136 Å². The Bertz CT molecular complexity index is 3230. The maximum atomic E-state index is 13.4. The number of amides is 4. The summed E-state index contributed by atoms with van der Waals surface area (Å²) in [4.78, 5) is 85.9. The molecule has 0 atom stereocenters. The third kappa shape index (κ3) is 15.0. The topological polar surface area (TPSA) is 205 Å². The molecule has 2 N–H and O–H groups in total. The Morgan fingerprint density at radius 1 is 0.500 bits per heavy atom. The summed E-state index contributed by atoms with van der Waals surface area (Å²) in [5.41, 5.74) is 2.57. The summed E-state index contributed by atoms with van der Waals surface area (Å²) in [6, 6.07) is 29.5. The monoisotopic (exact) mass is 1150 g/mol. The van der Waals surface area contributed by atoms with E-state index in [1.165, 1.54) is 12.1 Å². The molecule has 84 heavy (non-hydrogen) atoms. The van der Waals surface area contributed by atoms with Gasteiger partial charge in [-0.15, -0.1) is 0 Å². The highest BCUT2D eigenvalue weighted by molar-refractivity contribution is 6.06. The summed E-state index contributed by atoms with van der Waals surface area (Å²) >= 11 is 0. The lowest BCUT2D eigenvalue weighted by Gasteiger charge is -2.39. The van der Waals surface area contributed by atoms with Gasteiger partial charge in [-0.05, 0) is 115 Å². The Kier molecular flexibility index (Phi) is 19.2.